The molecule has 1 aromatic carbocycles. The van der Waals surface area contributed by atoms with Crippen LogP contribution >= 0.6 is 12.2 Å². The van der Waals surface area contributed by atoms with Gasteiger partial charge in [-0.3, -0.25) is 4.90 Å². The zero-order valence-corrected chi connectivity index (χ0v) is 11.6. The van der Waals surface area contributed by atoms with Gasteiger partial charge in [0.05, 0.1) is 5.56 Å². The first kappa shape index (κ1) is 13.3. The molecule has 18 heavy (non-hydrogen) atoms. The normalized spacial score (nSPS) is 19.9. The minimum Gasteiger partial charge on any atom is -0.492 e. The van der Waals surface area contributed by atoms with E-state index in [9.17, 15) is 0 Å². The van der Waals surface area contributed by atoms with Crippen LogP contribution in [0.5, 0.6) is 5.75 Å². The quantitative estimate of drug-likeness (QED) is 0.826. The van der Waals surface area contributed by atoms with Crippen molar-refractivity contribution < 1.29 is 4.74 Å². The Morgan fingerprint density at radius 1 is 1.50 bits per heavy atom. The van der Waals surface area contributed by atoms with Crippen molar-refractivity contribution in [2.45, 2.75) is 13.3 Å². The summed E-state index contributed by atoms with van der Waals surface area (Å²) in [6.45, 7) is 6.31. The Balaban J connectivity index is 1.85. The molecule has 0 spiro atoms. The first-order chi connectivity index (χ1) is 8.66. The lowest BCUT2D eigenvalue weighted by Crippen LogP contribution is -2.26. The van der Waals surface area contributed by atoms with E-state index in [0.29, 0.717) is 11.6 Å². The highest BCUT2D eigenvalue weighted by Gasteiger charge is 2.18. The molecule has 3 nitrogen and oxygen atoms in total. The molecule has 0 radical (unpaired) electrons. The van der Waals surface area contributed by atoms with Gasteiger partial charge in [0.2, 0.25) is 0 Å². The van der Waals surface area contributed by atoms with Crippen LogP contribution in [0.25, 0.3) is 0 Å². The smallest absolute Gasteiger partial charge is 0.129 e. The number of rotatable bonds is 5. The van der Waals surface area contributed by atoms with Crippen LogP contribution in [0.2, 0.25) is 0 Å². The zero-order chi connectivity index (χ0) is 13.0. The topological polar surface area (TPSA) is 38.5 Å². The van der Waals surface area contributed by atoms with Crippen molar-refractivity contribution in [2.24, 2.45) is 11.7 Å². The van der Waals surface area contributed by atoms with Gasteiger partial charge in [0.15, 0.2) is 0 Å². The van der Waals surface area contributed by atoms with E-state index in [1.165, 1.54) is 19.5 Å². The second kappa shape index (κ2) is 6.16. The summed E-state index contributed by atoms with van der Waals surface area (Å²) >= 11 is 5.01. The van der Waals surface area contributed by atoms with Gasteiger partial charge in [-0.2, -0.15) is 0 Å². The SMILES string of the molecule is CC1CCN(CCOc2ccccc2C(N)=S)C1. The molecule has 1 saturated heterocycles. The fourth-order valence-electron chi connectivity index (χ4n) is 2.31. The summed E-state index contributed by atoms with van der Waals surface area (Å²) in [5.74, 6) is 1.60. The lowest BCUT2D eigenvalue weighted by molar-refractivity contribution is 0.233. The average molecular weight is 264 g/mol. The molecule has 0 aromatic heterocycles. The summed E-state index contributed by atoms with van der Waals surface area (Å²) in [6.07, 6.45) is 1.30. The van der Waals surface area contributed by atoms with E-state index in [4.69, 9.17) is 22.7 Å². The van der Waals surface area contributed by atoms with Gasteiger partial charge in [0.25, 0.3) is 0 Å². The van der Waals surface area contributed by atoms with Crippen LogP contribution < -0.4 is 10.5 Å². The van der Waals surface area contributed by atoms with Gasteiger partial charge in [-0.25, -0.2) is 0 Å². The molecule has 1 fully saturated rings. The van der Waals surface area contributed by atoms with Gasteiger partial charge in [0.1, 0.15) is 17.3 Å². The summed E-state index contributed by atoms with van der Waals surface area (Å²) < 4.78 is 5.79. The summed E-state index contributed by atoms with van der Waals surface area (Å²) in [6, 6.07) is 7.68. The van der Waals surface area contributed by atoms with Crippen LogP contribution in [0, 0.1) is 5.92 Å². The molecule has 1 aliphatic rings. The van der Waals surface area contributed by atoms with Crippen LogP contribution in [0.4, 0.5) is 0 Å². The Hall–Kier alpha value is -1.13. The summed E-state index contributed by atoms with van der Waals surface area (Å²) in [5.41, 5.74) is 6.49. The molecule has 1 unspecified atom stereocenters. The number of hydrogen-bond acceptors (Lipinski definition) is 3. The van der Waals surface area contributed by atoms with Gasteiger partial charge in [-0.05, 0) is 31.0 Å². The maximum atomic E-state index is 5.79. The molecular formula is C14H20N2OS. The van der Waals surface area contributed by atoms with Crippen molar-refractivity contribution in [1.82, 2.24) is 4.90 Å². The van der Waals surface area contributed by atoms with E-state index in [1.807, 2.05) is 24.3 Å². The minimum atomic E-state index is 0.389. The molecule has 2 rings (SSSR count). The summed E-state index contributed by atoms with van der Waals surface area (Å²) in [5, 5.41) is 0. The lowest BCUT2D eigenvalue weighted by Gasteiger charge is -2.16. The average Bonchev–Trinajstić information content (AvgIpc) is 2.75. The van der Waals surface area contributed by atoms with E-state index in [2.05, 4.69) is 11.8 Å². The van der Waals surface area contributed by atoms with Crippen LogP contribution in [0.3, 0.4) is 0 Å². The standard InChI is InChI=1S/C14H20N2OS/c1-11-6-7-16(10-11)8-9-17-13-5-3-2-4-12(13)14(15)18/h2-5,11H,6-10H2,1H3,(H2,15,18). The Morgan fingerprint density at radius 2 is 2.28 bits per heavy atom. The lowest BCUT2D eigenvalue weighted by atomic mass is 10.2. The molecule has 1 heterocycles. The molecule has 0 saturated carbocycles. The molecule has 1 atom stereocenters. The van der Waals surface area contributed by atoms with Gasteiger partial charge in [-0.15, -0.1) is 0 Å². The number of hydrogen-bond donors (Lipinski definition) is 1. The van der Waals surface area contributed by atoms with Gasteiger partial charge in [0, 0.05) is 13.1 Å². The van der Waals surface area contributed by atoms with Crippen molar-refractivity contribution in [2.75, 3.05) is 26.2 Å². The fraction of sp³-hybridized carbons (Fsp3) is 0.500. The second-order valence-electron chi connectivity index (χ2n) is 4.90. The van der Waals surface area contributed by atoms with Crippen LogP contribution in [0.15, 0.2) is 24.3 Å². The molecule has 98 valence electrons. The molecule has 0 aliphatic carbocycles. The van der Waals surface area contributed by atoms with E-state index < -0.39 is 0 Å². The molecular weight excluding hydrogens is 244 g/mol. The molecule has 1 aromatic rings. The Morgan fingerprint density at radius 3 is 2.94 bits per heavy atom. The van der Waals surface area contributed by atoms with Crippen molar-refractivity contribution >= 4 is 17.2 Å². The predicted molar refractivity (Wildman–Crippen MR) is 78.0 cm³/mol. The van der Waals surface area contributed by atoms with Gasteiger partial charge < -0.3 is 10.5 Å². The zero-order valence-electron chi connectivity index (χ0n) is 10.8. The van der Waals surface area contributed by atoms with Crippen LogP contribution in [0.1, 0.15) is 18.9 Å². The molecule has 1 aliphatic heterocycles. The van der Waals surface area contributed by atoms with Crippen molar-refractivity contribution in [1.29, 1.82) is 0 Å². The number of thiocarbonyl (C=S) groups is 1. The van der Waals surface area contributed by atoms with E-state index in [1.54, 1.807) is 0 Å². The first-order valence-corrected chi connectivity index (χ1v) is 6.81. The molecule has 4 heteroatoms. The monoisotopic (exact) mass is 264 g/mol. The minimum absolute atomic E-state index is 0.389. The Kier molecular flexibility index (Phi) is 4.55. The summed E-state index contributed by atoms with van der Waals surface area (Å²) in [7, 11) is 0. The number of nitrogens with two attached hydrogens (primary N) is 1. The third kappa shape index (κ3) is 3.43. The highest BCUT2D eigenvalue weighted by atomic mass is 32.1. The Labute approximate surface area is 114 Å². The van der Waals surface area contributed by atoms with E-state index in [-0.39, 0.29) is 0 Å². The Bertz CT molecular complexity index is 422. The van der Waals surface area contributed by atoms with Crippen molar-refractivity contribution in [3.8, 4) is 5.75 Å². The third-order valence-corrected chi connectivity index (χ3v) is 3.55. The first-order valence-electron chi connectivity index (χ1n) is 6.41. The molecule has 0 bridgehead atoms. The summed E-state index contributed by atoms with van der Waals surface area (Å²) in [4.78, 5) is 2.83. The van der Waals surface area contributed by atoms with Gasteiger partial charge in [-0.1, -0.05) is 31.3 Å². The largest absolute Gasteiger partial charge is 0.492 e. The number of benzene rings is 1. The van der Waals surface area contributed by atoms with Crippen LogP contribution in [-0.4, -0.2) is 36.1 Å². The van der Waals surface area contributed by atoms with Crippen LogP contribution in [-0.2, 0) is 0 Å². The third-order valence-electron chi connectivity index (χ3n) is 3.33. The number of para-hydroxylation sites is 1. The number of ether oxygens (including phenoxy) is 1. The van der Waals surface area contributed by atoms with Crippen molar-refractivity contribution in [3.05, 3.63) is 29.8 Å². The van der Waals surface area contributed by atoms with Crippen molar-refractivity contribution in [3.63, 3.8) is 0 Å². The maximum absolute atomic E-state index is 5.79. The number of likely N-dealkylation sites (tertiary alicyclic amines) is 1. The van der Waals surface area contributed by atoms with Gasteiger partial charge >= 0.3 is 0 Å². The molecule has 0 amide bonds. The fourth-order valence-corrected chi connectivity index (χ4v) is 2.48. The highest BCUT2D eigenvalue weighted by molar-refractivity contribution is 7.80. The molecule has 2 N–H and O–H groups in total. The second-order valence-corrected chi connectivity index (χ2v) is 5.34. The maximum Gasteiger partial charge on any atom is 0.129 e. The highest BCUT2D eigenvalue weighted by Crippen LogP contribution is 2.18. The predicted octanol–water partition coefficient (Wildman–Crippen LogP) is 2.04. The number of nitrogens with zero attached hydrogens (tertiary/aromatic N) is 1. The van der Waals surface area contributed by atoms with E-state index in [0.717, 1.165) is 23.8 Å². The van der Waals surface area contributed by atoms with E-state index >= 15 is 0 Å².